The maximum Gasteiger partial charge on any atom is 0.180 e. The summed E-state index contributed by atoms with van der Waals surface area (Å²) in [5, 5.41) is 4.15. The topological polar surface area (TPSA) is 38.1 Å². The van der Waals surface area contributed by atoms with Gasteiger partial charge in [0.05, 0.1) is 12.7 Å². The molecule has 1 unspecified atom stereocenters. The van der Waals surface area contributed by atoms with Crippen molar-refractivity contribution in [2.45, 2.75) is 11.8 Å². The molecule has 2 rings (SSSR count). The zero-order valence-corrected chi connectivity index (χ0v) is 9.57. The lowest BCUT2D eigenvalue weighted by Crippen LogP contribution is -2.28. The van der Waals surface area contributed by atoms with Gasteiger partial charge in [-0.15, -0.1) is 0 Å². The maximum absolute atomic E-state index is 5.14. The Morgan fingerprint density at radius 3 is 3.29 bits per heavy atom. The van der Waals surface area contributed by atoms with E-state index in [1.807, 2.05) is 0 Å². The van der Waals surface area contributed by atoms with Crippen LogP contribution in [0.1, 0.15) is 5.76 Å². The minimum Gasteiger partial charge on any atom is -0.447 e. The van der Waals surface area contributed by atoms with Crippen LogP contribution in [0.2, 0.25) is 0 Å². The molecule has 0 radical (unpaired) electrons. The monoisotopic (exact) mass is 230 g/mol. The van der Waals surface area contributed by atoms with Gasteiger partial charge in [-0.3, -0.25) is 0 Å². The van der Waals surface area contributed by atoms with Crippen molar-refractivity contribution in [2.24, 2.45) is 0 Å². The standard InChI is InChI=1S/C9H14N2OS2/c1-2-14-9(6-13-1)5-10-3-8-4-11-7-12-8/h4,7,9-10H,1-3,5-6H2. The molecule has 0 amide bonds. The Balaban J connectivity index is 1.62. The van der Waals surface area contributed by atoms with Crippen molar-refractivity contribution >= 4 is 23.5 Å². The highest BCUT2D eigenvalue weighted by atomic mass is 32.2. The van der Waals surface area contributed by atoms with Crippen molar-refractivity contribution < 1.29 is 4.42 Å². The summed E-state index contributed by atoms with van der Waals surface area (Å²) < 4.78 is 5.14. The lowest BCUT2D eigenvalue weighted by Gasteiger charge is -2.20. The molecule has 1 saturated heterocycles. The second-order valence-corrected chi connectivity index (χ2v) is 5.72. The Bertz CT molecular complexity index is 247. The van der Waals surface area contributed by atoms with E-state index in [2.05, 4.69) is 33.8 Å². The SMILES string of the molecule is c1ncc(CNCC2CSCCS2)o1. The van der Waals surface area contributed by atoms with Crippen molar-refractivity contribution in [3.8, 4) is 0 Å². The van der Waals surface area contributed by atoms with Gasteiger partial charge in [0.2, 0.25) is 0 Å². The van der Waals surface area contributed by atoms with Crippen LogP contribution in [0.4, 0.5) is 0 Å². The fourth-order valence-electron chi connectivity index (χ4n) is 1.34. The Morgan fingerprint density at radius 1 is 1.57 bits per heavy atom. The molecule has 0 aromatic carbocycles. The molecule has 0 bridgehead atoms. The van der Waals surface area contributed by atoms with Gasteiger partial charge < -0.3 is 9.73 Å². The van der Waals surface area contributed by atoms with Gasteiger partial charge in [0.1, 0.15) is 5.76 Å². The molecular weight excluding hydrogens is 216 g/mol. The summed E-state index contributed by atoms with van der Waals surface area (Å²) in [5.41, 5.74) is 0. The number of thioether (sulfide) groups is 2. The second-order valence-electron chi connectivity index (χ2n) is 3.17. The van der Waals surface area contributed by atoms with Crippen molar-refractivity contribution in [3.63, 3.8) is 0 Å². The summed E-state index contributed by atoms with van der Waals surface area (Å²) in [4.78, 5) is 3.87. The summed E-state index contributed by atoms with van der Waals surface area (Å²) in [7, 11) is 0. The van der Waals surface area contributed by atoms with Crippen LogP contribution >= 0.6 is 23.5 Å². The first-order valence-corrected chi connectivity index (χ1v) is 6.93. The average molecular weight is 230 g/mol. The molecule has 0 aliphatic carbocycles. The first-order valence-electron chi connectivity index (χ1n) is 4.72. The molecule has 0 spiro atoms. The lowest BCUT2D eigenvalue weighted by molar-refractivity contribution is 0.480. The van der Waals surface area contributed by atoms with Gasteiger partial charge in [-0.1, -0.05) is 0 Å². The van der Waals surface area contributed by atoms with E-state index in [0.29, 0.717) is 0 Å². The van der Waals surface area contributed by atoms with Gasteiger partial charge >= 0.3 is 0 Å². The van der Waals surface area contributed by atoms with Crippen molar-refractivity contribution in [2.75, 3.05) is 23.8 Å². The van der Waals surface area contributed by atoms with Gasteiger partial charge in [-0.25, -0.2) is 4.98 Å². The predicted octanol–water partition coefficient (Wildman–Crippen LogP) is 1.61. The van der Waals surface area contributed by atoms with Gasteiger partial charge in [0, 0.05) is 29.1 Å². The zero-order valence-electron chi connectivity index (χ0n) is 7.94. The average Bonchev–Trinajstić information content (AvgIpc) is 2.72. The normalized spacial score (nSPS) is 22.4. The third-order valence-corrected chi connectivity index (χ3v) is 4.88. The quantitative estimate of drug-likeness (QED) is 0.850. The van der Waals surface area contributed by atoms with Crippen LogP contribution in [0.25, 0.3) is 0 Å². The number of aromatic nitrogens is 1. The number of nitrogens with zero attached hydrogens (tertiary/aromatic N) is 1. The van der Waals surface area contributed by atoms with E-state index in [-0.39, 0.29) is 0 Å². The highest BCUT2D eigenvalue weighted by molar-refractivity contribution is 8.06. The van der Waals surface area contributed by atoms with Crippen LogP contribution in [-0.4, -0.2) is 34.0 Å². The number of hydrogen-bond acceptors (Lipinski definition) is 5. The molecule has 14 heavy (non-hydrogen) atoms. The summed E-state index contributed by atoms with van der Waals surface area (Å²) >= 11 is 4.13. The first-order chi connectivity index (χ1) is 6.95. The minimum absolute atomic E-state index is 0.761. The van der Waals surface area contributed by atoms with Crippen molar-refractivity contribution in [1.29, 1.82) is 0 Å². The molecule has 1 aromatic heterocycles. The highest BCUT2D eigenvalue weighted by Crippen LogP contribution is 2.23. The predicted molar refractivity (Wildman–Crippen MR) is 61.8 cm³/mol. The molecule has 0 saturated carbocycles. The fraction of sp³-hybridized carbons (Fsp3) is 0.667. The number of nitrogens with one attached hydrogen (secondary N) is 1. The van der Waals surface area contributed by atoms with E-state index in [0.717, 1.165) is 24.1 Å². The van der Waals surface area contributed by atoms with Crippen LogP contribution < -0.4 is 5.32 Å². The van der Waals surface area contributed by atoms with E-state index in [1.165, 1.54) is 23.7 Å². The third kappa shape index (κ3) is 3.22. The number of rotatable bonds is 4. The van der Waals surface area contributed by atoms with Crippen LogP contribution in [0.15, 0.2) is 17.0 Å². The van der Waals surface area contributed by atoms with E-state index in [4.69, 9.17) is 4.42 Å². The number of oxazole rings is 1. The largest absolute Gasteiger partial charge is 0.447 e. The second kappa shape index (κ2) is 5.68. The Hall–Kier alpha value is -0.130. The summed E-state index contributed by atoms with van der Waals surface area (Å²) in [6.45, 7) is 1.86. The number of hydrogen-bond donors (Lipinski definition) is 1. The molecule has 78 valence electrons. The Labute approximate surface area is 92.4 Å². The maximum atomic E-state index is 5.14. The minimum atomic E-state index is 0.761. The third-order valence-electron chi connectivity index (χ3n) is 2.04. The summed E-state index contributed by atoms with van der Waals surface area (Å²) in [6.07, 6.45) is 3.23. The van der Waals surface area contributed by atoms with Gasteiger partial charge in [-0.2, -0.15) is 23.5 Å². The zero-order chi connectivity index (χ0) is 9.64. The smallest absolute Gasteiger partial charge is 0.180 e. The van der Waals surface area contributed by atoms with Crippen molar-refractivity contribution in [3.05, 3.63) is 18.4 Å². The first kappa shape index (κ1) is 10.4. The highest BCUT2D eigenvalue weighted by Gasteiger charge is 2.13. The molecule has 1 aromatic rings. The van der Waals surface area contributed by atoms with E-state index in [1.54, 1.807) is 6.20 Å². The lowest BCUT2D eigenvalue weighted by atomic mass is 10.4. The molecule has 1 fully saturated rings. The van der Waals surface area contributed by atoms with Crippen LogP contribution in [0, 0.1) is 0 Å². The summed E-state index contributed by atoms with van der Waals surface area (Å²) in [6, 6.07) is 0. The molecule has 1 N–H and O–H groups in total. The Kier molecular flexibility index (Phi) is 4.21. The van der Waals surface area contributed by atoms with Gasteiger partial charge in [0.15, 0.2) is 6.39 Å². The molecule has 2 heterocycles. The molecule has 3 nitrogen and oxygen atoms in total. The van der Waals surface area contributed by atoms with E-state index < -0.39 is 0 Å². The molecular formula is C9H14N2OS2. The van der Waals surface area contributed by atoms with Gasteiger partial charge in [0.25, 0.3) is 0 Å². The van der Waals surface area contributed by atoms with Crippen LogP contribution in [-0.2, 0) is 6.54 Å². The summed E-state index contributed by atoms with van der Waals surface area (Å²) in [5.74, 6) is 4.79. The van der Waals surface area contributed by atoms with Crippen molar-refractivity contribution in [1.82, 2.24) is 10.3 Å². The molecule has 1 aliphatic heterocycles. The van der Waals surface area contributed by atoms with Gasteiger partial charge in [-0.05, 0) is 0 Å². The van der Waals surface area contributed by atoms with E-state index >= 15 is 0 Å². The molecule has 1 atom stereocenters. The Morgan fingerprint density at radius 2 is 2.57 bits per heavy atom. The van der Waals surface area contributed by atoms with Crippen LogP contribution in [0.3, 0.4) is 0 Å². The van der Waals surface area contributed by atoms with E-state index in [9.17, 15) is 0 Å². The molecule has 5 heteroatoms. The fourth-order valence-corrected chi connectivity index (χ4v) is 3.99. The molecule has 1 aliphatic rings. The van der Waals surface area contributed by atoms with Crippen LogP contribution in [0.5, 0.6) is 0 Å².